The van der Waals surface area contributed by atoms with Gasteiger partial charge in [0.15, 0.2) is 5.96 Å². The minimum atomic E-state index is 0. The Kier molecular flexibility index (Phi) is 7.22. The van der Waals surface area contributed by atoms with Crippen molar-refractivity contribution in [3.8, 4) is 0 Å². The number of hydrogen-bond acceptors (Lipinski definition) is 3. The normalized spacial score (nSPS) is 19.7. The van der Waals surface area contributed by atoms with Crippen molar-refractivity contribution >= 4 is 41.3 Å². The van der Waals surface area contributed by atoms with E-state index in [-0.39, 0.29) is 24.0 Å². The predicted octanol–water partition coefficient (Wildman–Crippen LogP) is 3.19. The number of rotatable bonds is 2. The third kappa shape index (κ3) is 4.58. The second-order valence-corrected chi connectivity index (χ2v) is 6.63. The SMILES string of the molecule is CN=C(NCc1nc(C)c(C)s1)N1CCCC(C)C1.I. The molecule has 2 rings (SSSR count). The third-order valence-corrected chi connectivity index (χ3v) is 4.71. The smallest absolute Gasteiger partial charge is 0.194 e. The van der Waals surface area contributed by atoms with Crippen LogP contribution >= 0.6 is 35.3 Å². The van der Waals surface area contributed by atoms with Crippen LogP contribution in [0.25, 0.3) is 0 Å². The standard InChI is InChI=1S/C14H24N4S.HI/c1-10-6-5-7-18(9-10)14(15-4)16-8-13-17-11(2)12(3)19-13;/h10H,5-9H2,1-4H3,(H,15,16);1H. The summed E-state index contributed by atoms with van der Waals surface area (Å²) in [5.74, 6) is 1.77. The van der Waals surface area contributed by atoms with Crippen LogP contribution in [0.5, 0.6) is 0 Å². The first-order chi connectivity index (χ1) is 9.10. The Labute approximate surface area is 143 Å². The molecule has 1 fully saturated rings. The minimum Gasteiger partial charge on any atom is -0.350 e. The topological polar surface area (TPSA) is 40.5 Å². The lowest BCUT2D eigenvalue weighted by molar-refractivity contribution is 0.266. The van der Waals surface area contributed by atoms with Crippen molar-refractivity contribution in [2.24, 2.45) is 10.9 Å². The second kappa shape index (κ2) is 8.17. The molecule has 1 atom stereocenters. The lowest BCUT2D eigenvalue weighted by atomic mass is 10.0. The Morgan fingerprint density at radius 2 is 2.25 bits per heavy atom. The summed E-state index contributed by atoms with van der Waals surface area (Å²) in [6.45, 7) is 9.49. The summed E-state index contributed by atoms with van der Waals surface area (Å²) >= 11 is 1.77. The summed E-state index contributed by atoms with van der Waals surface area (Å²) in [6.07, 6.45) is 2.59. The average molecular weight is 408 g/mol. The Morgan fingerprint density at radius 3 is 2.80 bits per heavy atom. The molecule has 1 aromatic heterocycles. The first kappa shape index (κ1) is 17.7. The molecule has 0 aliphatic carbocycles. The molecule has 0 amide bonds. The molecule has 0 radical (unpaired) electrons. The monoisotopic (exact) mass is 408 g/mol. The van der Waals surface area contributed by atoms with Gasteiger partial charge in [-0.2, -0.15) is 0 Å². The van der Waals surface area contributed by atoms with E-state index in [9.17, 15) is 0 Å². The van der Waals surface area contributed by atoms with Gasteiger partial charge in [-0.15, -0.1) is 35.3 Å². The zero-order chi connectivity index (χ0) is 13.8. The highest BCUT2D eigenvalue weighted by molar-refractivity contribution is 14.0. The van der Waals surface area contributed by atoms with Crippen molar-refractivity contribution in [2.75, 3.05) is 20.1 Å². The van der Waals surface area contributed by atoms with Crippen LogP contribution in [-0.4, -0.2) is 36.0 Å². The predicted molar refractivity (Wildman–Crippen MR) is 97.2 cm³/mol. The highest BCUT2D eigenvalue weighted by atomic mass is 127. The summed E-state index contributed by atoms with van der Waals surface area (Å²) in [4.78, 5) is 12.6. The number of aliphatic imine (C=N–C) groups is 1. The molecule has 1 unspecified atom stereocenters. The lowest BCUT2D eigenvalue weighted by Crippen LogP contribution is -2.45. The zero-order valence-corrected chi connectivity index (χ0v) is 15.9. The average Bonchev–Trinajstić information content (AvgIpc) is 2.70. The Bertz CT molecular complexity index is 439. The summed E-state index contributed by atoms with van der Waals surface area (Å²) in [6, 6.07) is 0. The van der Waals surface area contributed by atoms with Crippen LogP contribution in [0.4, 0.5) is 0 Å². The number of likely N-dealkylation sites (tertiary alicyclic amines) is 1. The van der Waals surface area contributed by atoms with Crippen LogP contribution in [0.1, 0.15) is 35.3 Å². The Morgan fingerprint density at radius 1 is 1.50 bits per heavy atom. The van der Waals surface area contributed by atoms with Gasteiger partial charge in [0, 0.05) is 25.0 Å². The number of aromatic nitrogens is 1. The molecule has 1 aliphatic heterocycles. The number of guanidine groups is 1. The van der Waals surface area contributed by atoms with Gasteiger partial charge in [0.25, 0.3) is 0 Å². The van der Waals surface area contributed by atoms with E-state index in [1.807, 2.05) is 7.05 Å². The first-order valence-corrected chi connectivity index (χ1v) is 7.80. The minimum absolute atomic E-state index is 0. The van der Waals surface area contributed by atoms with Gasteiger partial charge in [0.05, 0.1) is 12.2 Å². The van der Waals surface area contributed by atoms with Gasteiger partial charge >= 0.3 is 0 Å². The number of nitrogens with zero attached hydrogens (tertiary/aromatic N) is 3. The molecule has 1 aromatic rings. The highest BCUT2D eigenvalue weighted by Crippen LogP contribution is 2.17. The fourth-order valence-corrected chi connectivity index (χ4v) is 3.36. The molecule has 0 spiro atoms. The van der Waals surface area contributed by atoms with Crippen LogP contribution in [0, 0.1) is 19.8 Å². The second-order valence-electron chi connectivity index (χ2n) is 5.34. The molecular weight excluding hydrogens is 383 g/mol. The van der Waals surface area contributed by atoms with E-state index in [0.717, 1.165) is 42.2 Å². The maximum absolute atomic E-state index is 4.56. The molecule has 2 heterocycles. The maximum Gasteiger partial charge on any atom is 0.194 e. The molecule has 6 heteroatoms. The maximum atomic E-state index is 4.56. The molecule has 1 aliphatic rings. The largest absolute Gasteiger partial charge is 0.350 e. The fourth-order valence-electron chi connectivity index (χ4n) is 2.48. The molecule has 114 valence electrons. The van der Waals surface area contributed by atoms with Gasteiger partial charge < -0.3 is 10.2 Å². The fraction of sp³-hybridized carbons (Fsp3) is 0.714. The van der Waals surface area contributed by atoms with Crippen molar-refractivity contribution in [3.05, 3.63) is 15.6 Å². The first-order valence-electron chi connectivity index (χ1n) is 6.98. The van der Waals surface area contributed by atoms with E-state index in [0.29, 0.717) is 0 Å². The molecule has 4 nitrogen and oxygen atoms in total. The van der Waals surface area contributed by atoms with Crippen molar-refractivity contribution in [2.45, 2.75) is 40.2 Å². The number of nitrogens with one attached hydrogen (secondary N) is 1. The van der Waals surface area contributed by atoms with Crippen molar-refractivity contribution < 1.29 is 0 Å². The summed E-state index contributed by atoms with van der Waals surface area (Å²) < 4.78 is 0. The van der Waals surface area contributed by atoms with Crippen LogP contribution in [-0.2, 0) is 6.54 Å². The number of halogens is 1. The molecular formula is C14H25IN4S. The summed E-state index contributed by atoms with van der Waals surface area (Å²) in [5.41, 5.74) is 1.14. The Balaban J connectivity index is 0.00000200. The van der Waals surface area contributed by atoms with Gasteiger partial charge in [-0.05, 0) is 32.6 Å². The quantitative estimate of drug-likeness (QED) is 0.464. The van der Waals surface area contributed by atoms with E-state index < -0.39 is 0 Å². The van der Waals surface area contributed by atoms with Gasteiger partial charge in [0.2, 0.25) is 0 Å². The van der Waals surface area contributed by atoms with Crippen LogP contribution in [0.15, 0.2) is 4.99 Å². The lowest BCUT2D eigenvalue weighted by Gasteiger charge is -2.33. The molecule has 1 N–H and O–H groups in total. The van der Waals surface area contributed by atoms with E-state index in [4.69, 9.17) is 0 Å². The van der Waals surface area contributed by atoms with Crippen molar-refractivity contribution in [1.82, 2.24) is 15.2 Å². The van der Waals surface area contributed by atoms with Crippen molar-refractivity contribution in [3.63, 3.8) is 0 Å². The van der Waals surface area contributed by atoms with Gasteiger partial charge in [-0.25, -0.2) is 4.98 Å². The summed E-state index contributed by atoms with van der Waals surface area (Å²) in [7, 11) is 1.86. The Hall–Kier alpha value is -0.370. The molecule has 0 bridgehead atoms. The molecule has 1 saturated heterocycles. The summed E-state index contributed by atoms with van der Waals surface area (Å²) in [5, 5.41) is 4.58. The van der Waals surface area contributed by atoms with Crippen LogP contribution < -0.4 is 5.32 Å². The van der Waals surface area contributed by atoms with E-state index >= 15 is 0 Å². The van der Waals surface area contributed by atoms with E-state index in [2.05, 4.69) is 41.0 Å². The van der Waals surface area contributed by atoms with Crippen molar-refractivity contribution in [1.29, 1.82) is 0 Å². The van der Waals surface area contributed by atoms with Gasteiger partial charge in [-0.3, -0.25) is 4.99 Å². The third-order valence-electron chi connectivity index (χ3n) is 3.64. The molecule has 0 aromatic carbocycles. The number of hydrogen-bond donors (Lipinski definition) is 1. The van der Waals surface area contributed by atoms with Gasteiger partial charge in [0.1, 0.15) is 5.01 Å². The van der Waals surface area contributed by atoms with Crippen LogP contribution in [0.2, 0.25) is 0 Å². The number of thiazole rings is 1. The highest BCUT2D eigenvalue weighted by Gasteiger charge is 2.19. The van der Waals surface area contributed by atoms with E-state index in [1.54, 1.807) is 11.3 Å². The number of aryl methyl sites for hydroxylation is 2. The molecule has 0 saturated carbocycles. The van der Waals surface area contributed by atoms with Crippen LogP contribution in [0.3, 0.4) is 0 Å². The van der Waals surface area contributed by atoms with Gasteiger partial charge in [-0.1, -0.05) is 6.92 Å². The van der Waals surface area contributed by atoms with E-state index in [1.165, 1.54) is 17.7 Å². The number of piperidine rings is 1. The molecule has 20 heavy (non-hydrogen) atoms. The zero-order valence-electron chi connectivity index (χ0n) is 12.8.